The number of oxazole rings is 1. The van der Waals surface area contributed by atoms with Gasteiger partial charge in [-0.1, -0.05) is 0 Å². The van der Waals surface area contributed by atoms with Crippen molar-refractivity contribution < 1.29 is 13.6 Å². The summed E-state index contributed by atoms with van der Waals surface area (Å²) < 4.78 is 10.9. The number of carbonyl (C=O) groups is 1. The van der Waals surface area contributed by atoms with Gasteiger partial charge >= 0.3 is 6.03 Å². The molecule has 0 radical (unpaired) electrons. The fraction of sp³-hybridized carbons (Fsp3) is 0.250. The highest BCUT2D eigenvalue weighted by Gasteiger charge is 2.09. The molecule has 0 fully saturated rings. The van der Waals surface area contributed by atoms with Gasteiger partial charge in [-0.05, 0) is 44.5 Å². The van der Waals surface area contributed by atoms with Gasteiger partial charge in [0.1, 0.15) is 17.1 Å². The van der Waals surface area contributed by atoms with Gasteiger partial charge in [-0.15, -0.1) is 0 Å². The van der Waals surface area contributed by atoms with Crippen LogP contribution in [0.25, 0.3) is 11.0 Å². The quantitative estimate of drug-likeness (QED) is 0.773. The number of fused-ring (bicyclic) bond motifs is 1. The van der Waals surface area contributed by atoms with Gasteiger partial charge in [0.15, 0.2) is 0 Å². The standard InChI is InChI=1S/C16H17N3O3/c1-9-7-17-15(21-9)8-18-16(20)19-12-4-5-14-13(6-12)10(2)11(3)22-14/h4-7H,8H2,1-3H3,(H2,18,19,20). The van der Waals surface area contributed by atoms with Crippen LogP contribution in [0.5, 0.6) is 0 Å². The fourth-order valence-corrected chi connectivity index (χ4v) is 2.24. The number of amides is 2. The summed E-state index contributed by atoms with van der Waals surface area (Å²) in [6.07, 6.45) is 1.62. The molecular formula is C16H17N3O3. The molecule has 0 aliphatic heterocycles. The van der Waals surface area contributed by atoms with Gasteiger partial charge in [0.2, 0.25) is 5.89 Å². The van der Waals surface area contributed by atoms with Crippen molar-refractivity contribution >= 4 is 22.7 Å². The van der Waals surface area contributed by atoms with Crippen molar-refractivity contribution in [3.63, 3.8) is 0 Å². The van der Waals surface area contributed by atoms with Crippen molar-refractivity contribution in [2.45, 2.75) is 27.3 Å². The van der Waals surface area contributed by atoms with E-state index in [1.807, 2.05) is 26.0 Å². The molecule has 0 atom stereocenters. The number of carbonyl (C=O) groups excluding carboxylic acids is 1. The molecule has 114 valence electrons. The molecule has 2 heterocycles. The Morgan fingerprint density at radius 1 is 1.23 bits per heavy atom. The Kier molecular flexibility index (Phi) is 3.58. The van der Waals surface area contributed by atoms with Crippen LogP contribution < -0.4 is 10.6 Å². The fourth-order valence-electron chi connectivity index (χ4n) is 2.24. The molecule has 2 aromatic heterocycles. The summed E-state index contributed by atoms with van der Waals surface area (Å²) in [4.78, 5) is 15.9. The second-order valence-corrected chi connectivity index (χ2v) is 5.17. The molecule has 3 rings (SSSR count). The summed E-state index contributed by atoms with van der Waals surface area (Å²) in [5.41, 5.74) is 2.60. The molecule has 0 unspecified atom stereocenters. The van der Waals surface area contributed by atoms with Gasteiger partial charge in [-0.25, -0.2) is 9.78 Å². The maximum atomic E-state index is 11.9. The number of aromatic nitrogens is 1. The molecule has 2 N–H and O–H groups in total. The third-order valence-electron chi connectivity index (χ3n) is 3.50. The lowest BCUT2D eigenvalue weighted by molar-refractivity contribution is 0.250. The van der Waals surface area contributed by atoms with E-state index in [2.05, 4.69) is 15.6 Å². The van der Waals surface area contributed by atoms with Crippen molar-refractivity contribution in [3.8, 4) is 0 Å². The molecule has 0 saturated heterocycles. The van der Waals surface area contributed by atoms with E-state index in [0.29, 0.717) is 17.3 Å². The van der Waals surface area contributed by atoms with E-state index in [9.17, 15) is 4.79 Å². The lowest BCUT2D eigenvalue weighted by Crippen LogP contribution is -2.28. The maximum Gasteiger partial charge on any atom is 0.319 e. The molecule has 0 aliphatic rings. The first-order chi connectivity index (χ1) is 10.5. The minimum Gasteiger partial charge on any atom is -0.461 e. The molecule has 22 heavy (non-hydrogen) atoms. The SMILES string of the molecule is Cc1cnc(CNC(=O)Nc2ccc3oc(C)c(C)c3c2)o1. The van der Waals surface area contributed by atoms with E-state index in [1.54, 1.807) is 19.2 Å². The summed E-state index contributed by atoms with van der Waals surface area (Å²) in [7, 11) is 0. The number of rotatable bonds is 3. The smallest absolute Gasteiger partial charge is 0.319 e. The zero-order valence-corrected chi connectivity index (χ0v) is 12.7. The minimum absolute atomic E-state index is 0.242. The molecular weight excluding hydrogens is 282 g/mol. The monoisotopic (exact) mass is 299 g/mol. The number of anilines is 1. The van der Waals surface area contributed by atoms with Gasteiger partial charge in [0.05, 0.1) is 12.7 Å². The third kappa shape index (κ3) is 2.81. The largest absolute Gasteiger partial charge is 0.461 e. The van der Waals surface area contributed by atoms with Crippen LogP contribution >= 0.6 is 0 Å². The number of furan rings is 1. The highest BCUT2D eigenvalue weighted by molar-refractivity contribution is 5.93. The van der Waals surface area contributed by atoms with Crippen LogP contribution in [-0.2, 0) is 6.54 Å². The number of aryl methyl sites for hydroxylation is 3. The summed E-state index contributed by atoms with van der Waals surface area (Å²) in [5.74, 6) is 2.08. The van der Waals surface area contributed by atoms with Crippen molar-refractivity contribution in [2.75, 3.05) is 5.32 Å². The van der Waals surface area contributed by atoms with Crippen LogP contribution in [0.3, 0.4) is 0 Å². The van der Waals surface area contributed by atoms with Crippen molar-refractivity contribution in [3.05, 3.63) is 47.4 Å². The molecule has 2 amide bonds. The van der Waals surface area contributed by atoms with Gasteiger partial charge in [-0.3, -0.25) is 0 Å². The Balaban J connectivity index is 1.67. The number of nitrogens with zero attached hydrogens (tertiary/aromatic N) is 1. The van der Waals surface area contributed by atoms with Gasteiger partial charge in [0, 0.05) is 11.1 Å². The number of urea groups is 1. The minimum atomic E-state index is -0.312. The Hall–Kier alpha value is -2.76. The molecule has 1 aromatic carbocycles. The molecule has 0 spiro atoms. The Morgan fingerprint density at radius 3 is 2.77 bits per heavy atom. The molecule has 0 saturated carbocycles. The van der Waals surface area contributed by atoms with Crippen LogP contribution in [-0.4, -0.2) is 11.0 Å². The highest BCUT2D eigenvalue weighted by atomic mass is 16.4. The van der Waals surface area contributed by atoms with Crippen LogP contribution in [0.4, 0.5) is 10.5 Å². The number of nitrogens with one attached hydrogen (secondary N) is 2. The summed E-state index contributed by atoms with van der Waals surface area (Å²) in [6.45, 7) is 5.97. The predicted molar refractivity (Wildman–Crippen MR) is 82.8 cm³/mol. The van der Waals surface area contributed by atoms with Gasteiger partial charge in [0.25, 0.3) is 0 Å². The van der Waals surface area contributed by atoms with Crippen LogP contribution in [0.1, 0.15) is 23.0 Å². The summed E-state index contributed by atoms with van der Waals surface area (Å²) >= 11 is 0. The Bertz CT molecular complexity index is 832. The van der Waals surface area contributed by atoms with Crippen molar-refractivity contribution in [1.29, 1.82) is 0 Å². The number of hydrogen-bond donors (Lipinski definition) is 2. The summed E-state index contributed by atoms with van der Waals surface area (Å²) in [5, 5.41) is 6.48. The van der Waals surface area contributed by atoms with E-state index in [0.717, 1.165) is 22.3 Å². The van der Waals surface area contributed by atoms with Gasteiger partial charge < -0.3 is 19.5 Å². The molecule has 3 aromatic rings. The molecule has 6 nitrogen and oxygen atoms in total. The van der Waals surface area contributed by atoms with Crippen molar-refractivity contribution in [1.82, 2.24) is 10.3 Å². The lowest BCUT2D eigenvalue weighted by Gasteiger charge is -2.06. The van der Waals surface area contributed by atoms with Crippen molar-refractivity contribution in [2.24, 2.45) is 0 Å². The third-order valence-corrected chi connectivity index (χ3v) is 3.50. The Morgan fingerprint density at radius 2 is 2.05 bits per heavy atom. The zero-order valence-electron chi connectivity index (χ0n) is 12.7. The van der Waals surface area contributed by atoms with Crippen LogP contribution in [0.15, 0.2) is 33.2 Å². The summed E-state index contributed by atoms with van der Waals surface area (Å²) in [6, 6.07) is 5.24. The average molecular weight is 299 g/mol. The topological polar surface area (TPSA) is 80.3 Å². The lowest BCUT2D eigenvalue weighted by atomic mass is 10.1. The van der Waals surface area contributed by atoms with Gasteiger partial charge in [-0.2, -0.15) is 0 Å². The normalized spacial score (nSPS) is 10.9. The first kappa shape index (κ1) is 14.2. The van der Waals surface area contributed by atoms with E-state index < -0.39 is 0 Å². The van der Waals surface area contributed by atoms with Crippen LogP contribution in [0, 0.1) is 20.8 Å². The number of benzene rings is 1. The maximum absolute atomic E-state index is 11.9. The first-order valence-electron chi connectivity index (χ1n) is 6.99. The van der Waals surface area contributed by atoms with E-state index >= 15 is 0 Å². The molecule has 0 aliphatic carbocycles. The Labute approximate surface area is 127 Å². The molecule has 6 heteroatoms. The highest BCUT2D eigenvalue weighted by Crippen LogP contribution is 2.27. The van der Waals surface area contributed by atoms with E-state index in [-0.39, 0.29) is 12.6 Å². The second-order valence-electron chi connectivity index (χ2n) is 5.17. The van der Waals surface area contributed by atoms with E-state index in [1.165, 1.54) is 0 Å². The van der Waals surface area contributed by atoms with E-state index in [4.69, 9.17) is 8.83 Å². The zero-order chi connectivity index (χ0) is 15.7. The molecule has 0 bridgehead atoms. The second kappa shape index (κ2) is 5.55. The number of hydrogen-bond acceptors (Lipinski definition) is 4. The van der Waals surface area contributed by atoms with Crippen LogP contribution in [0.2, 0.25) is 0 Å². The predicted octanol–water partition coefficient (Wildman–Crippen LogP) is 3.67. The average Bonchev–Trinajstić information content (AvgIpc) is 3.02. The first-order valence-corrected chi connectivity index (χ1v) is 6.99.